The first kappa shape index (κ1) is 63.7. The van der Waals surface area contributed by atoms with Crippen molar-refractivity contribution in [2.75, 3.05) is 0 Å². The number of nitrogens with one attached hydrogen (secondary N) is 3. The molecule has 6 aromatic rings. The summed E-state index contributed by atoms with van der Waals surface area (Å²) >= 11 is 0. The first-order valence-corrected chi connectivity index (χ1v) is 23.6. The lowest BCUT2D eigenvalue weighted by Crippen LogP contribution is -2.42. The first-order valence-electron chi connectivity index (χ1n) is 23.6. The van der Waals surface area contributed by atoms with Crippen molar-refractivity contribution in [3.63, 3.8) is 0 Å². The molecule has 3 amide bonds. The number of Topliss-reactive ketones (excluding diaryl/α,β-unsaturated/α-hetero) is 1. The second-order valence-corrected chi connectivity index (χ2v) is 17.4. The second kappa shape index (κ2) is 26.9. The van der Waals surface area contributed by atoms with Gasteiger partial charge in [0.2, 0.25) is 0 Å². The summed E-state index contributed by atoms with van der Waals surface area (Å²) in [5.74, 6) is -13.6. The van der Waals surface area contributed by atoms with Crippen LogP contribution >= 0.6 is 0 Å². The molecule has 440 valence electrons. The van der Waals surface area contributed by atoms with Gasteiger partial charge in [0.25, 0.3) is 17.7 Å². The fraction of sp³-hybridized carbons (Fsp3) is 0.245. The Morgan fingerprint density at radius 3 is 1.35 bits per heavy atom. The Balaban J connectivity index is 0.000000450. The van der Waals surface area contributed by atoms with Crippen LogP contribution < -0.4 is 16.0 Å². The Morgan fingerprint density at radius 1 is 0.571 bits per heavy atom. The number of nitrogens with zero attached hydrogens (tertiary/aromatic N) is 10. The molecule has 0 bridgehead atoms. The third-order valence-corrected chi connectivity index (χ3v) is 11.3. The van der Waals surface area contributed by atoms with Gasteiger partial charge >= 0.3 is 48.2 Å². The number of aryl methyl sites for hydroxylation is 1. The van der Waals surface area contributed by atoms with Crippen molar-refractivity contribution < 1.29 is 105 Å². The summed E-state index contributed by atoms with van der Waals surface area (Å²) in [6.07, 6.45) is -9.76. The molecule has 6 rings (SSSR count). The van der Waals surface area contributed by atoms with Crippen molar-refractivity contribution in [3.8, 4) is 34.2 Å². The largest absolute Gasteiger partial charge is 0.481 e. The van der Waals surface area contributed by atoms with Crippen molar-refractivity contribution in [1.29, 1.82) is 0 Å². The van der Waals surface area contributed by atoms with E-state index in [-0.39, 0.29) is 51.8 Å². The summed E-state index contributed by atoms with van der Waals surface area (Å²) in [7, 11) is 0. The summed E-state index contributed by atoms with van der Waals surface area (Å²) in [4.78, 5) is 124. The van der Waals surface area contributed by atoms with Crippen LogP contribution in [0, 0.1) is 6.92 Å². The first-order chi connectivity index (χ1) is 39.3. The maximum Gasteiger partial charge on any atom is 0.417 e. The number of carbonyl (C=O) groups excluding carboxylic acids is 4. The molecule has 0 saturated carbocycles. The molecular formula is C49H41F6N13O16. The van der Waals surface area contributed by atoms with Crippen LogP contribution in [-0.4, -0.2) is 143 Å². The van der Waals surface area contributed by atoms with Crippen LogP contribution in [0.1, 0.15) is 97.2 Å². The highest BCUT2D eigenvalue weighted by atomic mass is 19.4. The Bertz CT molecular complexity index is 3650. The van der Waals surface area contributed by atoms with Crippen molar-refractivity contribution in [2.45, 2.75) is 76.4 Å². The number of pyridine rings is 1. The molecule has 0 aliphatic heterocycles. The summed E-state index contributed by atoms with van der Waals surface area (Å²) < 4.78 is 83.9. The fourth-order valence-electron chi connectivity index (χ4n) is 7.40. The monoisotopic (exact) mass is 1180 g/mol. The minimum absolute atomic E-state index is 0.00104. The number of halogens is 6. The van der Waals surface area contributed by atoms with Gasteiger partial charge in [0.15, 0.2) is 5.78 Å². The number of carboxylic acids is 6. The van der Waals surface area contributed by atoms with Gasteiger partial charge in [0.05, 0.1) is 76.7 Å². The van der Waals surface area contributed by atoms with Crippen LogP contribution in [0.15, 0.2) is 84.2 Å². The quantitative estimate of drug-likeness (QED) is 0.0126. The van der Waals surface area contributed by atoms with E-state index in [0.717, 1.165) is 22.9 Å². The molecule has 9 N–H and O–H groups in total. The summed E-state index contributed by atoms with van der Waals surface area (Å²) in [6, 6.07) is 6.10. The van der Waals surface area contributed by atoms with Crippen molar-refractivity contribution in [1.82, 2.24) is 50.9 Å². The molecule has 3 aromatic heterocycles. The zero-order valence-corrected chi connectivity index (χ0v) is 42.8. The normalized spacial score (nSPS) is 12.2. The predicted octanol–water partition coefficient (Wildman–Crippen LogP) is 5.51. The minimum atomic E-state index is -5.14. The second-order valence-electron chi connectivity index (χ2n) is 17.4. The van der Waals surface area contributed by atoms with Crippen LogP contribution in [0.2, 0.25) is 0 Å². The number of carboxylic acid groups (broad SMARTS) is 6. The zero-order chi connectivity index (χ0) is 62.5. The Kier molecular flexibility index (Phi) is 20.4. The van der Waals surface area contributed by atoms with Crippen LogP contribution in [0.4, 0.5) is 32.0 Å². The number of hydrogen-bond donors (Lipinski definition) is 9. The third-order valence-electron chi connectivity index (χ3n) is 11.3. The van der Waals surface area contributed by atoms with Crippen LogP contribution in [0.5, 0.6) is 0 Å². The molecule has 0 fully saturated rings. The van der Waals surface area contributed by atoms with Crippen LogP contribution in [-0.2, 0) is 41.1 Å². The molecule has 29 nitrogen and oxygen atoms in total. The van der Waals surface area contributed by atoms with E-state index in [1.807, 2.05) is 0 Å². The van der Waals surface area contributed by atoms with E-state index >= 15 is 0 Å². The van der Waals surface area contributed by atoms with Gasteiger partial charge in [-0.15, -0.1) is 10.2 Å². The number of rotatable bonds is 23. The average molecular weight is 1180 g/mol. The van der Waals surface area contributed by atoms with Gasteiger partial charge in [-0.1, -0.05) is 28.5 Å². The molecule has 84 heavy (non-hydrogen) atoms. The smallest absolute Gasteiger partial charge is 0.417 e. The Morgan fingerprint density at radius 2 is 0.964 bits per heavy atom. The van der Waals surface area contributed by atoms with Crippen molar-refractivity contribution >= 4 is 65.0 Å². The van der Waals surface area contributed by atoms with Gasteiger partial charge in [0, 0.05) is 28.1 Å². The number of benzene rings is 3. The molecule has 0 spiro atoms. The minimum Gasteiger partial charge on any atom is -0.481 e. The highest BCUT2D eigenvalue weighted by molar-refractivity contribution is 6.01. The van der Waals surface area contributed by atoms with E-state index < -0.39 is 131 Å². The average Bonchev–Trinajstić information content (AvgIpc) is 2.79. The molecule has 1 unspecified atom stereocenters. The number of ketones is 1. The van der Waals surface area contributed by atoms with E-state index in [1.165, 1.54) is 47.4 Å². The van der Waals surface area contributed by atoms with Crippen molar-refractivity contribution in [2.24, 2.45) is 5.11 Å². The SMILES string of the molecule is CCCC(=O)c1cc(-c2cn(-c3ccc(C(=O)N[C@@H](CC(=O)O)C(=O)O)c(C)c3)nn2)nc(-c2cn(-c3ccc(C(=O)N[C@@H](CC(=O)O)C(=O)O)c(C(F)(F)F)c3)nn2)c1.[N-]=[N+]=Nc1ccc(C(=O)NC(CC(=O)O)C(=O)O)c(C(F)(F)F)c1. The third kappa shape index (κ3) is 16.7. The lowest BCUT2D eigenvalue weighted by atomic mass is 10.0. The van der Waals surface area contributed by atoms with Crippen LogP contribution in [0.25, 0.3) is 44.6 Å². The molecule has 0 aliphatic carbocycles. The number of carbonyl (C=O) groups is 10. The Labute approximate surface area is 464 Å². The highest BCUT2D eigenvalue weighted by Crippen LogP contribution is 2.36. The number of hydrogen-bond acceptors (Lipinski definition) is 16. The molecule has 35 heteroatoms. The summed E-state index contributed by atoms with van der Waals surface area (Å²) in [5, 5.41) is 78.7. The van der Waals surface area contributed by atoms with E-state index in [9.17, 15) is 84.5 Å². The van der Waals surface area contributed by atoms with Gasteiger partial charge in [-0.3, -0.25) is 33.6 Å². The molecule has 0 aliphatic rings. The highest BCUT2D eigenvalue weighted by Gasteiger charge is 2.38. The number of azide groups is 1. The van der Waals surface area contributed by atoms with Gasteiger partial charge in [0.1, 0.15) is 29.5 Å². The van der Waals surface area contributed by atoms with Gasteiger partial charge in [-0.25, -0.2) is 28.7 Å². The maximum absolute atomic E-state index is 14.2. The predicted molar refractivity (Wildman–Crippen MR) is 268 cm³/mol. The standard InChI is InChI=1S/C37H32F3N9O11.C12H9F3N4O5/c1-3-4-30(50)18-10-24(28-15-48(46-44-28)19-5-7-21(17(2)9-19)33(55)42-26(35(57)58)13-31(51)52)41-25(11-18)29-16-49(47-45-29)20-6-8-22(23(12-20)37(38,39)40)34(56)43-27(36(59)60)14-32(53)54;13-12(14,15)7-3-5(18-19-16)1-2-6(7)10(22)17-8(11(23)24)4-9(20)21/h5-12,15-16,26-27H,3-4,13-14H2,1-2H3,(H,42,55)(H,43,56)(H,51,52)(H,53,54)(H,57,58)(H,59,60);1-3,8H,4H2,(H,17,22)(H,20,21)(H,23,24)/t26-,27-;/m0./s1. The van der Waals surface area contributed by atoms with Crippen molar-refractivity contribution in [3.05, 3.63) is 129 Å². The fourth-order valence-corrected chi connectivity index (χ4v) is 7.40. The number of aromatic nitrogens is 7. The van der Waals surface area contributed by atoms with E-state index in [1.54, 1.807) is 24.5 Å². The molecule has 0 radical (unpaired) electrons. The lowest BCUT2D eigenvalue weighted by Gasteiger charge is -2.17. The summed E-state index contributed by atoms with van der Waals surface area (Å²) in [5.41, 5.74) is 4.12. The van der Waals surface area contributed by atoms with Gasteiger partial charge in [-0.2, -0.15) is 26.3 Å². The van der Waals surface area contributed by atoms with E-state index in [2.05, 4.69) is 41.0 Å². The van der Waals surface area contributed by atoms with E-state index in [0.29, 0.717) is 35.9 Å². The number of aliphatic carboxylic acids is 6. The van der Waals surface area contributed by atoms with Gasteiger partial charge in [-0.05, 0) is 85.1 Å². The lowest BCUT2D eigenvalue weighted by molar-refractivity contribution is -0.145. The molecular weight excluding hydrogens is 1140 g/mol. The molecule has 3 aromatic carbocycles. The molecule has 3 atom stereocenters. The topological polar surface area (TPSA) is 451 Å². The number of amides is 3. The summed E-state index contributed by atoms with van der Waals surface area (Å²) in [6.45, 7) is 3.35. The zero-order valence-electron chi connectivity index (χ0n) is 42.8. The number of alkyl halides is 6. The van der Waals surface area contributed by atoms with Gasteiger partial charge < -0.3 is 46.6 Å². The van der Waals surface area contributed by atoms with E-state index in [4.69, 9.17) is 26.0 Å². The molecule has 3 heterocycles. The Hall–Kier alpha value is -11.1. The molecule has 0 saturated heterocycles. The maximum atomic E-state index is 14.2. The van der Waals surface area contributed by atoms with Crippen LogP contribution in [0.3, 0.4) is 0 Å².